The summed E-state index contributed by atoms with van der Waals surface area (Å²) in [6, 6.07) is 11.8. The Hall–Kier alpha value is -3.22. The third-order valence-electron chi connectivity index (χ3n) is 6.64. The van der Waals surface area contributed by atoms with E-state index < -0.39 is 19.1 Å². The SMILES string of the molecule is Cc1cc(C(=O)COC(=O)CN2C(=O)[C@H]3CCCC[C@@H]3C2=O)c(C)n1Cc1ccccc1. The molecule has 1 aliphatic carbocycles. The molecule has 2 aliphatic rings. The van der Waals surface area contributed by atoms with Crippen molar-refractivity contribution in [3.8, 4) is 0 Å². The normalized spacial score (nSPS) is 20.4. The minimum absolute atomic E-state index is 0.285. The number of ether oxygens (including phenoxy) is 1. The van der Waals surface area contributed by atoms with Crippen LogP contribution in [0.5, 0.6) is 0 Å². The Bertz CT molecular complexity index is 1030. The highest BCUT2D eigenvalue weighted by Gasteiger charge is 2.48. The summed E-state index contributed by atoms with van der Waals surface area (Å²) in [5, 5.41) is 0. The first kappa shape index (κ1) is 22.0. The van der Waals surface area contributed by atoms with Gasteiger partial charge >= 0.3 is 5.97 Å². The van der Waals surface area contributed by atoms with Crippen molar-refractivity contribution in [1.29, 1.82) is 0 Å². The lowest BCUT2D eigenvalue weighted by atomic mass is 9.81. The number of hydrogen-bond donors (Lipinski definition) is 0. The van der Waals surface area contributed by atoms with Crippen LogP contribution in [-0.2, 0) is 25.7 Å². The molecule has 0 N–H and O–H groups in total. The molecule has 1 aromatic carbocycles. The molecule has 0 radical (unpaired) electrons. The maximum absolute atomic E-state index is 12.7. The van der Waals surface area contributed by atoms with Crippen molar-refractivity contribution >= 4 is 23.6 Å². The molecule has 32 heavy (non-hydrogen) atoms. The third-order valence-corrected chi connectivity index (χ3v) is 6.64. The van der Waals surface area contributed by atoms with Crippen molar-refractivity contribution in [1.82, 2.24) is 9.47 Å². The van der Waals surface area contributed by atoms with E-state index in [1.54, 1.807) is 6.07 Å². The molecule has 0 unspecified atom stereocenters. The van der Waals surface area contributed by atoms with Crippen molar-refractivity contribution in [2.45, 2.75) is 46.1 Å². The molecule has 1 aliphatic heterocycles. The molecule has 2 aromatic rings. The number of esters is 1. The number of hydrogen-bond acceptors (Lipinski definition) is 5. The largest absolute Gasteiger partial charge is 0.456 e. The summed E-state index contributed by atoms with van der Waals surface area (Å²) in [5.41, 5.74) is 3.38. The number of carbonyl (C=O) groups is 4. The van der Waals surface area contributed by atoms with Gasteiger partial charge in [-0.25, -0.2) is 0 Å². The third kappa shape index (κ3) is 4.24. The van der Waals surface area contributed by atoms with Crippen LogP contribution in [0.25, 0.3) is 0 Å². The van der Waals surface area contributed by atoms with Gasteiger partial charge in [0.25, 0.3) is 0 Å². The Morgan fingerprint density at radius 3 is 2.25 bits per heavy atom. The molecular formula is C25H28N2O5. The predicted octanol–water partition coefficient (Wildman–Crippen LogP) is 3.05. The van der Waals surface area contributed by atoms with E-state index in [-0.39, 0.29) is 29.4 Å². The molecule has 1 saturated heterocycles. The average Bonchev–Trinajstić information content (AvgIpc) is 3.21. The van der Waals surface area contributed by atoms with Gasteiger partial charge in [-0.05, 0) is 38.3 Å². The summed E-state index contributed by atoms with van der Waals surface area (Å²) < 4.78 is 7.20. The summed E-state index contributed by atoms with van der Waals surface area (Å²) in [6.45, 7) is 3.60. The fourth-order valence-corrected chi connectivity index (χ4v) is 4.88. The van der Waals surface area contributed by atoms with Crippen LogP contribution < -0.4 is 0 Å². The van der Waals surface area contributed by atoms with E-state index in [9.17, 15) is 19.2 Å². The van der Waals surface area contributed by atoms with Crippen LogP contribution in [0, 0.1) is 25.7 Å². The molecule has 2 heterocycles. The Labute approximate surface area is 187 Å². The number of imide groups is 1. The molecule has 0 spiro atoms. The van der Waals surface area contributed by atoms with Crippen LogP contribution in [0.15, 0.2) is 36.4 Å². The maximum Gasteiger partial charge on any atom is 0.326 e. The Balaban J connectivity index is 1.36. The quantitative estimate of drug-likeness (QED) is 0.378. The smallest absolute Gasteiger partial charge is 0.326 e. The van der Waals surface area contributed by atoms with Crippen molar-refractivity contribution in [3.63, 3.8) is 0 Å². The zero-order valence-electron chi connectivity index (χ0n) is 18.5. The molecule has 4 rings (SSSR count). The van der Waals surface area contributed by atoms with E-state index >= 15 is 0 Å². The van der Waals surface area contributed by atoms with Crippen LogP contribution >= 0.6 is 0 Å². The molecule has 1 aromatic heterocycles. The van der Waals surface area contributed by atoms with Crippen molar-refractivity contribution < 1.29 is 23.9 Å². The van der Waals surface area contributed by atoms with Crippen LogP contribution in [0.3, 0.4) is 0 Å². The van der Waals surface area contributed by atoms with Gasteiger partial charge in [-0.1, -0.05) is 43.2 Å². The van der Waals surface area contributed by atoms with Gasteiger partial charge in [-0.15, -0.1) is 0 Å². The van der Waals surface area contributed by atoms with E-state index in [2.05, 4.69) is 0 Å². The van der Waals surface area contributed by atoms with Crippen LogP contribution in [0.1, 0.15) is 53.0 Å². The monoisotopic (exact) mass is 436 g/mol. The van der Waals surface area contributed by atoms with Gasteiger partial charge in [0, 0.05) is 23.5 Å². The number of benzene rings is 1. The average molecular weight is 437 g/mol. The molecule has 168 valence electrons. The number of likely N-dealkylation sites (tertiary alicyclic amines) is 1. The maximum atomic E-state index is 12.7. The molecular weight excluding hydrogens is 408 g/mol. The fourth-order valence-electron chi connectivity index (χ4n) is 4.88. The number of nitrogens with zero attached hydrogens (tertiary/aromatic N) is 2. The molecule has 2 fully saturated rings. The van der Waals surface area contributed by atoms with Gasteiger partial charge in [0.2, 0.25) is 17.6 Å². The molecule has 2 atom stereocenters. The van der Waals surface area contributed by atoms with E-state index in [1.165, 1.54) is 0 Å². The number of aromatic nitrogens is 1. The van der Waals surface area contributed by atoms with Crippen LogP contribution in [-0.4, -0.2) is 46.2 Å². The number of aryl methyl sites for hydroxylation is 1. The van der Waals surface area contributed by atoms with Gasteiger partial charge in [0.05, 0.1) is 11.8 Å². The Kier molecular flexibility index (Phi) is 6.26. The number of amides is 2. The molecule has 7 nitrogen and oxygen atoms in total. The number of rotatable bonds is 7. The van der Waals surface area contributed by atoms with E-state index in [0.29, 0.717) is 24.9 Å². The summed E-state index contributed by atoms with van der Waals surface area (Å²) >= 11 is 0. The molecule has 2 amide bonds. The first-order chi connectivity index (χ1) is 15.4. The molecule has 1 saturated carbocycles. The van der Waals surface area contributed by atoms with E-state index in [1.807, 2.05) is 48.7 Å². The van der Waals surface area contributed by atoms with Gasteiger partial charge in [0.1, 0.15) is 6.54 Å². The van der Waals surface area contributed by atoms with Crippen molar-refractivity contribution in [2.75, 3.05) is 13.2 Å². The van der Waals surface area contributed by atoms with Gasteiger partial charge < -0.3 is 9.30 Å². The summed E-state index contributed by atoms with van der Waals surface area (Å²) in [5.74, 6) is -2.23. The topological polar surface area (TPSA) is 85.7 Å². The van der Waals surface area contributed by atoms with E-state index in [0.717, 1.165) is 34.7 Å². The lowest BCUT2D eigenvalue weighted by Crippen LogP contribution is -2.37. The van der Waals surface area contributed by atoms with Crippen LogP contribution in [0.2, 0.25) is 0 Å². The summed E-state index contributed by atoms with van der Waals surface area (Å²) in [6.07, 6.45) is 3.24. The second kappa shape index (κ2) is 9.10. The highest BCUT2D eigenvalue weighted by molar-refractivity contribution is 6.07. The zero-order chi connectivity index (χ0) is 22.8. The Morgan fingerprint density at radius 1 is 1.00 bits per heavy atom. The minimum atomic E-state index is -0.739. The zero-order valence-corrected chi connectivity index (χ0v) is 18.5. The van der Waals surface area contributed by atoms with Gasteiger partial charge in [0.15, 0.2) is 6.61 Å². The van der Waals surface area contributed by atoms with Gasteiger partial charge in [-0.3, -0.25) is 24.1 Å². The standard InChI is InChI=1S/C25H28N2O5/c1-16-12-21(17(2)26(16)13-18-8-4-3-5-9-18)22(28)15-32-23(29)14-27-24(30)19-10-6-7-11-20(19)25(27)31/h3-5,8-9,12,19-20H,6-7,10-11,13-15H2,1-2H3/t19-,20-/m0/s1. The van der Waals surface area contributed by atoms with Crippen LogP contribution in [0.4, 0.5) is 0 Å². The summed E-state index contributed by atoms with van der Waals surface area (Å²) in [7, 11) is 0. The lowest BCUT2D eigenvalue weighted by Gasteiger charge is -2.19. The fraction of sp³-hybridized carbons (Fsp3) is 0.440. The minimum Gasteiger partial charge on any atom is -0.456 e. The number of fused-ring (bicyclic) bond motifs is 1. The van der Waals surface area contributed by atoms with Crippen molar-refractivity contribution in [2.24, 2.45) is 11.8 Å². The molecule has 7 heteroatoms. The first-order valence-corrected chi connectivity index (χ1v) is 11.1. The number of carbonyl (C=O) groups excluding carboxylic acids is 4. The molecule has 0 bridgehead atoms. The number of ketones is 1. The predicted molar refractivity (Wildman–Crippen MR) is 117 cm³/mol. The number of Topliss-reactive ketones (excluding diaryl/α,β-unsaturated/α-hetero) is 1. The second-order valence-corrected chi connectivity index (χ2v) is 8.70. The highest BCUT2D eigenvalue weighted by Crippen LogP contribution is 2.37. The summed E-state index contributed by atoms with van der Waals surface area (Å²) in [4.78, 5) is 51.1. The van der Waals surface area contributed by atoms with Gasteiger partial charge in [-0.2, -0.15) is 0 Å². The Morgan fingerprint density at radius 2 is 1.62 bits per heavy atom. The van der Waals surface area contributed by atoms with E-state index in [4.69, 9.17) is 4.74 Å². The second-order valence-electron chi connectivity index (χ2n) is 8.70. The lowest BCUT2D eigenvalue weighted by molar-refractivity contribution is -0.152. The first-order valence-electron chi connectivity index (χ1n) is 11.1. The highest BCUT2D eigenvalue weighted by atomic mass is 16.5. The van der Waals surface area contributed by atoms with Crippen molar-refractivity contribution in [3.05, 3.63) is 58.9 Å².